The largest absolute Gasteiger partial charge is 0.543 e. The second-order valence-corrected chi connectivity index (χ2v) is 9.60. The van der Waals surface area contributed by atoms with Crippen molar-refractivity contribution >= 4 is 29.5 Å². The smallest absolute Gasteiger partial charge is 0.275 e. The predicted molar refractivity (Wildman–Crippen MR) is 99.0 cm³/mol. The lowest BCUT2D eigenvalue weighted by molar-refractivity contribution is -0.912. The van der Waals surface area contributed by atoms with Crippen molar-refractivity contribution in [2.24, 2.45) is 17.6 Å². The van der Waals surface area contributed by atoms with Crippen LogP contribution >= 0.6 is 11.8 Å². The zero-order valence-corrected chi connectivity index (χ0v) is 17.0. The number of hydrogen-bond donors (Lipinski definition) is 3. The summed E-state index contributed by atoms with van der Waals surface area (Å²) < 4.78 is 0.300. The van der Waals surface area contributed by atoms with Gasteiger partial charge in [-0.2, -0.15) is 0 Å². The lowest BCUT2D eigenvalue weighted by Crippen LogP contribution is -2.64. The summed E-state index contributed by atoms with van der Waals surface area (Å²) in [6, 6.07) is -0.855. The predicted octanol–water partition coefficient (Wildman–Crippen LogP) is -2.40. The van der Waals surface area contributed by atoms with E-state index < -0.39 is 41.9 Å². The number of aliphatic hydroxyl groups is 2. The van der Waals surface area contributed by atoms with Crippen molar-refractivity contribution in [2.75, 3.05) is 26.7 Å². The molecule has 3 heterocycles. The van der Waals surface area contributed by atoms with Crippen molar-refractivity contribution in [2.45, 2.75) is 43.7 Å². The van der Waals surface area contributed by atoms with Crippen LogP contribution in [0.1, 0.15) is 20.3 Å². The standard InChI is InChI=1S/C18H27N3O6S/c1-8-13-12(9(2)23)17(25)20(13)14(18(26)27)15(8)28-10-6-11(16(19)24)21(3,7-10)4-5-22/h8-13,22-23H,4-7H2,1-3H3,(H2-,19,24,26,27)/t8-,9-,10+,11+,12-,13-,21?/m1/s1. The van der Waals surface area contributed by atoms with E-state index in [0.29, 0.717) is 28.9 Å². The number of primary amides is 1. The van der Waals surface area contributed by atoms with E-state index in [0.717, 1.165) is 0 Å². The van der Waals surface area contributed by atoms with Crippen LogP contribution in [-0.4, -0.2) is 87.6 Å². The number of amides is 2. The van der Waals surface area contributed by atoms with E-state index >= 15 is 0 Å². The average Bonchev–Trinajstić information content (AvgIpc) is 3.02. The average molecular weight is 413 g/mol. The number of carboxylic acids is 1. The van der Waals surface area contributed by atoms with E-state index in [4.69, 9.17) is 5.73 Å². The van der Waals surface area contributed by atoms with Crippen LogP contribution in [0.4, 0.5) is 0 Å². The first-order valence-electron chi connectivity index (χ1n) is 9.41. The molecule has 156 valence electrons. The van der Waals surface area contributed by atoms with Crippen LogP contribution in [0, 0.1) is 11.8 Å². The fourth-order valence-corrected chi connectivity index (χ4v) is 6.70. The molecule has 1 unspecified atom stereocenters. The molecule has 0 aliphatic carbocycles. The zero-order chi connectivity index (χ0) is 21.0. The van der Waals surface area contributed by atoms with E-state index in [1.165, 1.54) is 23.6 Å². The minimum atomic E-state index is -1.41. The second kappa shape index (κ2) is 7.33. The maximum atomic E-state index is 12.4. The van der Waals surface area contributed by atoms with Gasteiger partial charge in [-0.05, 0) is 6.92 Å². The minimum absolute atomic E-state index is 0.0819. The Labute approximate surface area is 167 Å². The number of aliphatic hydroxyl groups excluding tert-OH is 2. The molecule has 4 N–H and O–H groups in total. The van der Waals surface area contributed by atoms with Gasteiger partial charge in [-0.3, -0.25) is 9.59 Å². The number of nitrogens with two attached hydrogens (primary N) is 1. The highest BCUT2D eigenvalue weighted by atomic mass is 32.2. The summed E-state index contributed by atoms with van der Waals surface area (Å²) in [6.07, 6.45) is -0.398. The first kappa shape index (κ1) is 21.1. The summed E-state index contributed by atoms with van der Waals surface area (Å²) in [7, 11) is 1.86. The third-order valence-corrected chi connectivity index (χ3v) is 7.89. The highest BCUT2D eigenvalue weighted by Gasteiger charge is 2.59. The van der Waals surface area contributed by atoms with E-state index in [1.54, 1.807) is 0 Å². The molecule has 0 aromatic rings. The number of nitrogens with zero attached hydrogens (tertiary/aromatic N) is 2. The van der Waals surface area contributed by atoms with Gasteiger partial charge < -0.3 is 35.2 Å². The summed E-state index contributed by atoms with van der Waals surface area (Å²) in [5.41, 5.74) is 5.44. The molecule has 2 fully saturated rings. The summed E-state index contributed by atoms with van der Waals surface area (Å²) in [5, 5.41) is 31.0. The van der Waals surface area contributed by atoms with Crippen molar-refractivity contribution in [3.63, 3.8) is 0 Å². The Morgan fingerprint density at radius 2 is 2.11 bits per heavy atom. The molecular formula is C18H27N3O6S. The molecule has 2 amide bonds. The Bertz CT molecular complexity index is 741. The molecule has 2 saturated heterocycles. The minimum Gasteiger partial charge on any atom is -0.543 e. The number of fused-ring (bicyclic) bond motifs is 1. The second-order valence-electron chi connectivity index (χ2n) is 8.26. The van der Waals surface area contributed by atoms with Crippen LogP contribution in [0.2, 0.25) is 0 Å². The Morgan fingerprint density at radius 1 is 1.46 bits per heavy atom. The molecule has 3 aliphatic rings. The van der Waals surface area contributed by atoms with Gasteiger partial charge in [0.15, 0.2) is 6.04 Å². The number of β-lactam (4-membered cyclic amide) rings is 1. The van der Waals surface area contributed by atoms with Gasteiger partial charge in [0.2, 0.25) is 5.91 Å². The maximum absolute atomic E-state index is 12.4. The summed E-state index contributed by atoms with van der Waals surface area (Å²) in [6.45, 7) is 4.22. The number of quaternary nitrogens is 1. The first-order valence-corrected chi connectivity index (χ1v) is 10.3. The van der Waals surface area contributed by atoms with Gasteiger partial charge in [0.05, 0.1) is 55.2 Å². The van der Waals surface area contributed by atoms with Crippen molar-refractivity contribution in [3.8, 4) is 0 Å². The highest BCUT2D eigenvalue weighted by Crippen LogP contribution is 2.52. The van der Waals surface area contributed by atoms with E-state index in [2.05, 4.69) is 0 Å². The number of likely N-dealkylation sites (N-methyl/N-ethyl adjacent to an activating group) is 1. The normalized spacial score (nSPS) is 38.4. The van der Waals surface area contributed by atoms with Gasteiger partial charge in [-0.1, -0.05) is 6.92 Å². The van der Waals surface area contributed by atoms with E-state index in [1.807, 2.05) is 14.0 Å². The number of carboxylic acid groups (broad SMARTS) is 1. The number of aliphatic carboxylic acids is 1. The first-order chi connectivity index (χ1) is 13.0. The molecule has 9 nitrogen and oxygen atoms in total. The quantitative estimate of drug-likeness (QED) is 0.312. The number of thioether (sulfide) groups is 1. The molecule has 10 heteroatoms. The van der Waals surface area contributed by atoms with Gasteiger partial charge >= 0.3 is 0 Å². The Hall–Kier alpha value is -1.62. The van der Waals surface area contributed by atoms with Gasteiger partial charge in [-0.25, -0.2) is 0 Å². The van der Waals surface area contributed by atoms with Gasteiger partial charge in [0.1, 0.15) is 6.54 Å². The molecule has 3 rings (SSSR count). The Morgan fingerprint density at radius 3 is 2.61 bits per heavy atom. The molecular weight excluding hydrogens is 386 g/mol. The number of likely N-dealkylation sites (tertiary alicyclic amines) is 1. The monoisotopic (exact) mass is 413 g/mol. The Kier molecular flexibility index (Phi) is 5.52. The van der Waals surface area contributed by atoms with Crippen molar-refractivity contribution < 1.29 is 34.2 Å². The van der Waals surface area contributed by atoms with Crippen LogP contribution in [0.25, 0.3) is 0 Å². The summed E-state index contributed by atoms with van der Waals surface area (Å²) >= 11 is 1.35. The summed E-state index contributed by atoms with van der Waals surface area (Å²) in [5.74, 6) is -3.13. The molecule has 0 radical (unpaired) electrons. The molecule has 0 bridgehead atoms. The third kappa shape index (κ3) is 3.12. The number of rotatable bonds is 7. The summed E-state index contributed by atoms with van der Waals surface area (Å²) in [4.78, 5) is 37.9. The topological polar surface area (TPSA) is 144 Å². The molecule has 3 aliphatic heterocycles. The molecule has 0 aromatic heterocycles. The molecule has 0 saturated carbocycles. The molecule has 0 aromatic carbocycles. The molecule has 0 spiro atoms. The molecule has 7 atom stereocenters. The zero-order valence-electron chi connectivity index (χ0n) is 16.2. The maximum Gasteiger partial charge on any atom is 0.275 e. The van der Waals surface area contributed by atoms with Crippen LogP contribution < -0.4 is 10.8 Å². The van der Waals surface area contributed by atoms with E-state index in [9.17, 15) is 29.7 Å². The molecule has 28 heavy (non-hydrogen) atoms. The van der Waals surface area contributed by atoms with Gasteiger partial charge in [0, 0.05) is 17.2 Å². The van der Waals surface area contributed by atoms with Gasteiger partial charge in [-0.15, -0.1) is 11.8 Å². The van der Waals surface area contributed by atoms with Crippen LogP contribution in [-0.2, 0) is 14.4 Å². The number of hydrogen-bond acceptors (Lipinski definition) is 7. The van der Waals surface area contributed by atoms with Crippen molar-refractivity contribution in [1.82, 2.24) is 4.90 Å². The van der Waals surface area contributed by atoms with Crippen LogP contribution in [0.15, 0.2) is 10.6 Å². The van der Waals surface area contributed by atoms with E-state index in [-0.39, 0.29) is 23.5 Å². The van der Waals surface area contributed by atoms with Crippen molar-refractivity contribution in [3.05, 3.63) is 10.6 Å². The SMILES string of the molecule is C[C@@H](O)[C@H]1C(=O)N2C(C(=O)[O-])=C(S[C@H]3C[C@@H](C(N)=O)[N+](C)(CCO)C3)[C@H](C)[C@H]12. The highest BCUT2D eigenvalue weighted by molar-refractivity contribution is 8.03. The fraction of sp³-hybridized carbons (Fsp3) is 0.722. The third-order valence-electron chi connectivity index (χ3n) is 6.39. The lowest BCUT2D eigenvalue weighted by Gasteiger charge is -2.47. The van der Waals surface area contributed by atoms with Crippen LogP contribution in [0.3, 0.4) is 0 Å². The van der Waals surface area contributed by atoms with Crippen LogP contribution in [0.5, 0.6) is 0 Å². The lowest BCUT2D eigenvalue weighted by atomic mass is 9.79. The Balaban J connectivity index is 1.86. The number of carbonyl (C=O) groups is 3. The van der Waals surface area contributed by atoms with Crippen molar-refractivity contribution in [1.29, 1.82) is 0 Å². The van der Waals surface area contributed by atoms with Gasteiger partial charge in [0.25, 0.3) is 5.91 Å². The fourth-order valence-electron chi connectivity index (χ4n) is 5.00. The number of carbonyl (C=O) groups excluding carboxylic acids is 3.